The van der Waals surface area contributed by atoms with E-state index in [2.05, 4.69) is 22.5 Å². The van der Waals surface area contributed by atoms with Crippen LogP contribution in [0, 0.1) is 11.8 Å². The number of pyridine rings is 1. The van der Waals surface area contributed by atoms with Gasteiger partial charge in [0.15, 0.2) is 0 Å². The molecule has 4 nitrogen and oxygen atoms in total. The molecule has 0 amide bonds. The van der Waals surface area contributed by atoms with Gasteiger partial charge in [-0.15, -0.1) is 6.58 Å². The van der Waals surface area contributed by atoms with Crippen molar-refractivity contribution in [3.63, 3.8) is 0 Å². The summed E-state index contributed by atoms with van der Waals surface area (Å²) >= 11 is 0. The Labute approximate surface area is 142 Å². The molecule has 0 aliphatic carbocycles. The number of aliphatic hydroxyl groups is 1. The average Bonchev–Trinajstić information content (AvgIpc) is 2.66. The molecule has 0 radical (unpaired) electrons. The Morgan fingerprint density at radius 3 is 3.00 bits per heavy atom. The second-order valence-electron chi connectivity index (χ2n) is 6.97. The normalized spacial score (nSPS) is 30.2. The lowest BCUT2D eigenvalue weighted by Gasteiger charge is -2.50. The number of hydrogen-bond acceptors (Lipinski definition) is 4. The lowest BCUT2D eigenvalue weighted by atomic mass is 9.73. The van der Waals surface area contributed by atoms with Crippen LogP contribution in [0.2, 0.25) is 0 Å². The van der Waals surface area contributed by atoms with E-state index in [1.54, 1.807) is 13.3 Å². The fourth-order valence-corrected chi connectivity index (χ4v) is 4.44. The number of ether oxygens (including phenoxy) is 1. The Kier molecular flexibility index (Phi) is 4.02. The minimum atomic E-state index is -0.504. The van der Waals surface area contributed by atoms with Gasteiger partial charge in [-0.3, -0.25) is 9.88 Å². The fraction of sp³-hybridized carbons (Fsp3) is 0.450. The molecule has 4 heterocycles. The van der Waals surface area contributed by atoms with E-state index in [0.717, 1.165) is 41.7 Å². The molecule has 3 aliphatic rings. The van der Waals surface area contributed by atoms with Gasteiger partial charge in [0.2, 0.25) is 0 Å². The number of methoxy groups -OCH3 is 1. The van der Waals surface area contributed by atoms with Crippen molar-refractivity contribution < 1.29 is 9.84 Å². The van der Waals surface area contributed by atoms with Crippen molar-refractivity contribution in [1.29, 1.82) is 0 Å². The standard InChI is InChI=1S/C20H24N2O2/c1-3-13-12-22-9-7-14(13)10-19(22)20(23)16-6-8-21-18-5-4-15(24-2)11-17(16)18/h3-6,8,11,13-14,19-20,23H,1,7,9-10,12H2,2H3/t13-,14-,19?,20-/m1/s1. The largest absolute Gasteiger partial charge is 0.497 e. The van der Waals surface area contributed by atoms with Crippen LogP contribution < -0.4 is 4.74 Å². The van der Waals surface area contributed by atoms with Gasteiger partial charge in [0, 0.05) is 24.2 Å². The quantitative estimate of drug-likeness (QED) is 0.878. The zero-order valence-electron chi connectivity index (χ0n) is 14.1. The molecule has 0 saturated carbocycles. The zero-order valence-corrected chi connectivity index (χ0v) is 14.1. The molecule has 2 aromatic rings. The first-order chi connectivity index (χ1) is 11.7. The van der Waals surface area contributed by atoms with Crippen LogP contribution in [0.1, 0.15) is 24.5 Å². The molecule has 1 aromatic heterocycles. The highest BCUT2D eigenvalue weighted by Crippen LogP contribution is 2.42. The summed E-state index contributed by atoms with van der Waals surface area (Å²) in [5, 5.41) is 12.1. The van der Waals surface area contributed by atoms with Crippen LogP contribution in [-0.4, -0.2) is 41.2 Å². The third kappa shape index (κ3) is 2.50. The summed E-state index contributed by atoms with van der Waals surface area (Å²) in [7, 11) is 1.66. The molecule has 126 valence electrons. The fourth-order valence-electron chi connectivity index (χ4n) is 4.44. The van der Waals surface area contributed by atoms with Crippen molar-refractivity contribution >= 4 is 10.9 Å². The van der Waals surface area contributed by atoms with Crippen molar-refractivity contribution in [2.45, 2.75) is 25.0 Å². The van der Waals surface area contributed by atoms with E-state index in [1.165, 1.54) is 6.42 Å². The number of nitrogens with zero attached hydrogens (tertiary/aromatic N) is 2. The van der Waals surface area contributed by atoms with E-state index in [0.29, 0.717) is 11.8 Å². The number of aromatic nitrogens is 1. The maximum atomic E-state index is 11.2. The molecule has 3 fully saturated rings. The number of fused-ring (bicyclic) bond motifs is 4. The molecular formula is C20H24N2O2. The zero-order chi connectivity index (χ0) is 16.7. The lowest BCUT2D eigenvalue weighted by molar-refractivity contribution is -0.0444. The van der Waals surface area contributed by atoms with Gasteiger partial charge < -0.3 is 9.84 Å². The average molecular weight is 324 g/mol. The number of rotatable bonds is 4. The maximum absolute atomic E-state index is 11.2. The minimum absolute atomic E-state index is 0.178. The molecule has 0 spiro atoms. The summed E-state index contributed by atoms with van der Waals surface area (Å²) in [4.78, 5) is 6.86. The smallest absolute Gasteiger partial charge is 0.119 e. The van der Waals surface area contributed by atoms with Crippen molar-refractivity contribution in [2.24, 2.45) is 11.8 Å². The van der Waals surface area contributed by atoms with Gasteiger partial charge >= 0.3 is 0 Å². The Morgan fingerprint density at radius 1 is 1.42 bits per heavy atom. The highest BCUT2D eigenvalue weighted by Gasteiger charge is 2.42. The number of aliphatic hydroxyl groups excluding tert-OH is 1. The first-order valence-corrected chi connectivity index (χ1v) is 8.68. The number of hydrogen-bond donors (Lipinski definition) is 1. The topological polar surface area (TPSA) is 45.6 Å². The SMILES string of the molecule is C=C[C@@H]1CN2CC[C@@H]1CC2[C@H](O)c1ccnc2ccc(OC)cc12. The Hall–Kier alpha value is -1.91. The van der Waals surface area contributed by atoms with Gasteiger partial charge in [0.05, 0.1) is 18.7 Å². The van der Waals surface area contributed by atoms with Crippen molar-refractivity contribution in [2.75, 3.05) is 20.2 Å². The highest BCUT2D eigenvalue weighted by atomic mass is 16.5. The Balaban J connectivity index is 1.69. The second kappa shape index (κ2) is 6.19. The molecule has 24 heavy (non-hydrogen) atoms. The van der Waals surface area contributed by atoms with Gasteiger partial charge in [0.1, 0.15) is 5.75 Å². The Morgan fingerprint density at radius 2 is 2.29 bits per heavy atom. The first-order valence-electron chi connectivity index (χ1n) is 8.68. The first kappa shape index (κ1) is 15.6. The molecule has 2 unspecified atom stereocenters. The summed E-state index contributed by atoms with van der Waals surface area (Å²) in [6.45, 7) is 6.07. The van der Waals surface area contributed by atoms with Gasteiger partial charge in [-0.2, -0.15) is 0 Å². The third-order valence-electron chi connectivity index (χ3n) is 5.82. The number of piperidine rings is 3. The molecule has 4 heteroatoms. The maximum Gasteiger partial charge on any atom is 0.119 e. The lowest BCUT2D eigenvalue weighted by Crippen LogP contribution is -2.54. The van der Waals surface area contributed by atoms with Crippen molar-refractivity contribution in [3.8, 4) is 5.75 Å². The molecule has 1 N–H and O–H groups in total. The van der Waals surface area contributed by atoms with Crippen LogP contribution in [0.3, 0.4) is 0 Å². The number of benzene rings is 1. The van der Waals surface area contributed by atoms with E-state index in [9.17, 15) is 5.11 Å². The van der Waals surface area contributed by atoms with Gasteiger partial charge in [-0.05, 0) is 61.1 Å². The summed E-state index contributed by atoms with van der Waals surface area (Å²) in [6.07, 6.45) is 5.62. The molecule has 1 aromatic carbocycles. The monoisotopic (exact) mass is 324 g/mol. The summed E-state index contributed by atoms with van der Waals surface area (Å²) in [5.74, 6) is 2.01. The molecule has 5 rings (SSSR count). The predicted octanol–water partition coefficient (Wildman–Crippen LogP) is 3.17. The third-order valence-corrected chi connectivity index (χ3v) is 5.82. The van der Waals surface area contributed by atoms with E-state index in [1.807, 2.05) is 24.3 Å². The van der Waals surface area contributed by atoms with E-state index >= 15 is 0 Å². The predicted molar refractivity (Wildman–Crippen MR) is 95.0 cm³/mol. The molecular weight excluding hydrogens is 300 g/mol. The van der Waals surface area contributed by atoms with Gasteiger partial charge in [-0.25, -0.2) is 0 Å². The molecule has 3 aliphatic heterocycles. The summed E-state index contributed by atoms with van der Waals surface area (Å²) in [6, 6.07) is 7.96. The minimum Gasteiger partial charge on any atom is -0.497 e. The summed E-state index contributed by atoms with van der Waals surface area (Å²) < 4.78 is 5.35. The van der Waals surface area contributed by atoms with Crippen LogP contribution in [-0.2, 0) is 0 Å². The highest BCUT2D eigenvalue weighted by molar-refractivity contribution is 5.83. The molecule has 2 bridgehead atoms. The second-order valence-corrected chi connectivity index (χ2v) is 6.97. The van der Waals surface area contributed by atoms with Crippen molar-refractivity contribution in [1.82, 2.24) is 9.88 Å². The molecule has 3 saturated heterocycles. The van der Waals surface area contributed by atoms with Crippen LogP contribution in [0.25, 0.3) is 10.9 Å². The van der Waals surface area contributed by atoms with E-state index < -0.39 is 6.10 Å². The Bertz CT molecular complexity index is 760. The van der Waals surface area contributed by atoms with Crippen LogP contribution in [0.15, 0.2) is 43.1 Å². The van der Waals surface area contributed by atoms with Gasteiger partial charge in [0.25, 0.3) is 0 Å². The van der Waals surface area contributed by atoms with Crippen LogP contribution >= 0.6 is 0 Å². The van der Waals surface area contributed by atoms with E-state index in [-0.39, 0.29) is 6.04 Å². The van der Waals surface area contributed by atoms with Crippen molar-refractivity contribution in [3.05, 3.63) is 48.7 Å². The van der Waals surface area contributed by atoms with Gasteiger partial charge in [-0.1, -0.05) is 6.08 Å². The van der Waals surface area contributed by atoms with Crippen LogP contribution in [0.4, 0.5) is 0 Å². The van der Waals surface area contributed by atoms with Crippen LogP contribution in [0.5, 0.6) is 5.75 Å². The summed E-state index contributed by atoms with van der Waals surface area (Å²) in [5.41, 5.74) is 1.85. The van der Waals surface area contributed by atoms with E-state index in [4.69, 9.17) is 4.74 Å². The molecule has 5 atom stereocenters.